The molecule has 3 aromatic carbocycles. The van der Waals surface area contributed by atoms with E-state index in [1.54, 1.807) is 65.6 Å². The summed E-state index contributed by atoms with van der Waals surface area (Å²) in [6.07, 6.45) is 2.11. The second-order valence-corrected chi connectivity index (χ2v) is 9.74. The van der Waals surface area contributed by atoms with Gasteiger partial charge in [0.2, 0.25) is 5.91 Å². The number of halogens is 1. The van der Waals surface area contributed by atoms with Gasteiger partial charge in [-0.15, -0.1) is 0 Å². The Labute approximate surface area is 221 Å². The number of para-hydroxylation sites is 1. The Hall–Kier alpha value is -4.26. The van der Waals surface area contributed by atoms with Crippen LogP contribution >= 0.6 is 0 Å². The Kier molecular flexibility index (Phi) is 8.69. The summed E-state index contributed by atoms with van der Waals surface area (Å²) in [6, 6.07) is 21.7. The molecule has 0 saturated carbocycles. The van der Waals surface area contributed by atoms with E-state index in [2.05, 4.69) is 13.8 Å². The Morgan fingerprint density at radius 1 is 0.868 bits per heavy atom. The SMILES string of the molecule is CC(C)CCN(CC(=O)N(Cc1ccc(F)cc1)Cc1coc2ccccc2c1=O)C(=O)c1ccccc1. The lowest BCUT2D eigenvalue weighted by Gasteiger charge is -2.28. The van der Waals surface area contributed by atoms with Gasteiger partial charge in [-0.25, -0.2) is 4.39 Å². The molecule has 2 amide bonds. The van der Waals surface area contributed by atoms with Crippen molar-refractivity contribution in [1.82, 2.24) is 9.80 Å². The first-order valence-corrected chi connectivity index (χ1v) is 12.7. The first-order valence-electron chi connectivity index (χ1n) is 12.7. The summed E-state index contributed by atoms with van der Waals surface area (Å²) < 4.78 is 19.2. The van der Waals surface area contributed by atoms with E-state index in [0.717, 1.165) is 6.42 Å². The van der Waals surface area contributed by atoms with Gasteiger partial charge in [0.05, 0.1) is 23.8 Å². The lowest BCUT2D eigenvalue weighted by molar-refractivity contribution is -0.133. The molecule has 1 aromatic heterocycles. The van der Waals surface area contributed by atoms with Crippen molar-refractivity contribution in [2.24, 2.45) is 5.92 Å². The highest BCUT2D eigenvalue weighted by atomic mass is 19.1. The van der Waals surface area contributed by atoms with Gasteiger partial charge < -0.3 is 14.2 Å². The normalized spacial score (nSPS) is 11.1. The number of carbonyl (C=O) groups is 2. The maximum Gasteiger partial charge on any atom is 0.254 e. The van der Waals surface area contributed by atoms with Crippen molar-refractivity contribution in [2.75, 3.05) is 13.1 Å². The molecule has 0 radical (unpaired) electrons. The second-order valence-electron chi connectivity index (χ2n) is 9.74. The molecule has 6 nitrogen and oxygen atoms in total. The van der Waals surface area contributed by atoms with E-state index in [9.17, 15) is 18.8 Å². The van der Waals surface area contributed by atoms with Gasteiger partial charge in [0, 0.05) is 18.7 Å². The van der Waals surface area contributed by atoms with Crippen molar-refractivity contribution in [3.63, 3.8) is 0 Å². The van der Waals surface area contributed by atoms with Crippen LogP contribution in [0.5, 0.6) is 0 Å². The quantitative estimate of drug-likeness (QED) is 0.274. The zero-order chi connectivity index (χ0) is 27.1. The lowest BCUT2D eigenvalue weighted by Crippen LogP contribution is -2.43. The average molecular weight is 515 g/mol. The van der Waals surface area contributed by atoms with Crippen LogP contribution in [0.15, 0.2) is 94.3 Å². The number of carbonyl (C=O) groups excluding carboxylic acids is 2. The number of benzene rings is 3. The summed E-state index contributed by atoms with van der Waals surface area (Å²) in [5, 5.41) is 0.428. The van der Waals surface area contributed by atoms with Gasteiger partial charge in [-0.05, 0) is 54.3 Å². The van der Waals surface area contributed by atoms with Crippen molar-refractivity contribution in [2.45, 2.75) is 33.4 Å². The van der Waals surface area contributed by atoms with Crippen LogP contribution < -0.4 is 5.43 Å². The summed E-state index contributed by atoms with van der Waals surface area (Å²) in [7, 11) is 0. The molecular weight excluding hydrogens is 483 g/mol. The summed E-state index contributed by atoms with van der Waals surface area (Å²) in [6.45, 7) is 4.52. The van der Waals surface area contributed by atoms with Crippen LogP contribution in [0, 0.1) is 11.7 Å². The van der Waals surface area contributed by atoms with Crippen LogP contribution in [0.3, 0.4) is 0 Å². The van der Waals surface area contributed by atoms with Crippen LogP contribution in [0.2, 0.25) is 0 Å². The Morgan fingerprint density at radius 3 is 2.26 bits per heavy atom. The van der Waals surface area contributed by atoms with Crippen molar-refractivity contribution in [3.8, 4) is 0 Å². The molecule has 0 aliphatic carbocycles. The number of hydrogen-bond donors (Lipinski definition) is 0. The maximum absolute atomic E-state index is 13.7. The average Bonchev–Trinajstić information content (AvgIpc) is 2.93. The molecule has 0 atom stereocenters. The van der Waals surface area contributed by atoms with Crippen molar-refractivity contribution < 1.29 is 18.4 Å². The minimum absolute atomic E-state index is 0.0130. The third kappa shape index (κ3) is 6.73. The molecule has 4 aromatic rings. The van der Waals surface area contributed by atoms with E-state index in [-0.39, 0.29) is 42.7 Å². The van der Waals surface area contributed by atoms with E-state index in [1.807, 2.05) is 6.07 Å². The highest BCUT2D eigenvalue weighted by Gasteiger charge is 2.24. The van der Waals surface area contributed by atoms with Gasteiger partial charge in [0.15, 0.2) is 5.43 Å². The van der Waals surface area contributed by atoms with Crippen LogP contribution in [0.1, 0.15) is 41.8 Å². The number of rotatable bonds is 10. The summed E-state index contributed by atoms with van der Waals surface area (Å²) in [5.41, 5.74) is 1.77. The van der Waals surface area contributed by atoms with Crippen LogP contribution in [-0.2, 0) is 17.9 Å². The van der Waals surface area contributed by atoms with Crippen LogP contribution in [-0.4, -0.2) is 34.7 Å². The maximum atomic E-state index is 13.7. The number of nitrogens with zero attached hydrogens (tertiary/aromatic N) is 2. The topological polar surface area (TPSA) is 70.8 Å². The van der Waals surface area contributed by atoms with E-state index in [0.29, 0.717) is 40.1 Å². The van der Waals surface area contributed by atoms with E-state index in [4.69, 9.17) is 4.42 Å². The molecule has 0 saturated heterocycles. The summed E-state index contributed by atoms with van der Waals surface area (Å²) >= 11 is 0. The van der Waals surface area contributed by atoms with Crippen molar-refractivity contribution in [3.05, 3.63) is 118 Å². The standard InChI is InChI=1S/C31H31FN2O4/c1-22(2)16-17-33(31(37)24-8-4-3-5-9-24)20-29(35)34(18-23-12-14-26(32)15-13-23)19-25-21-38-28-11-7-6-10-27(28)30(25)36/h3-15,21-22H,16-20H2,1-2H3. The van der Waals surface area contributed by atoms with Gasteiger partial charge >= 0.3 is 0 Å². The molecule has 0 aliphatic rings. The molecule has 4 rings (SSSR count). The minimum Gasteiger partial charge on any atom is -0.464 e. The number of amides is 2. The van der Waals surface area contributed by atoms with Gasteiger partial charge in [-0.3, -0.25) is 14.4 Å². The first-order chi connectivity index (χ1) is 18.3. The highest BCUT2D eigenvalue weighted by molar-refractivity contribution is 5.96. The molecule has 0 fully saturated rings. The van der Waals surface area contributed by atoms with Crippen LogP contribution in [0.4, 0.5) is 4.39 Å². The van der Waals surface area contributed by atoms with Crippen molar-refractivity contribution in [1.29, 1.82) is 0 Å². The Bertz CT molecular complexity index is 1450. The molecule has 0 spiro atoms. The van der Waals surface area contributed by atoms with Gasteiger partial charge in [0.1, 0.15) is 17.9 Å². The number of fused-ring (bicyclic) bond motifs is 1. The van der Waals surface area contributed by atoms with Crippen LogP contribution in [0.25, 0.3) is 11.0 Å². The third-order valence-corrected chi connectivity index (χ3v) is 6.36. The fraction of sp³-hybridized carbons (Fsp3) is 0.258. The van der Waals surface area contributed by atoms with Gasteiger partial charge in [-0.2, -0.15) is 0 Å². The van der Waals surface area contributed by atoms with Gasteiger partial charge in [0.25, 0.3) is 5.91 Å². The number of hydrogen-bond acceptors (Lipinski definition) is 4. The molecular formula is C31H31FN2O4. The smallest absolute Gasteiger partial charge is 0.254 e. The minimum atomic E-state index is -0.380. The zero-order valence-corrected chi connectivity index (χ0v) is 21.6. The molecule has 0 aliphatic heterocycles. The third-order valence-electron chi connectivity index (χ3n) is 6.36. The molecule has 7 heteroatoms. The molecule has 0 bridgehead atoms. The summed E-state index contributed by atoms with van der Waals surface area (Å²) in [5.74, 6) is -0.592. The van der Waals surface area contributed by atoms with E-state index < -0.39 is 0 Å². The van der Waals surface area contributed by atoms with Crippen molar-refractivity contribution >= 4 is 22.8 Å². The Morgan fingerprint density at radius 2 is 1.55 bits per heavy atom. The van der Waals surface area contributed by atoms with E-state index >= 15 is 0 Å². The fourth-order valence-electron chi connectivity index (χ4n) is 4.17. The van der Waals surface area contributed by atoms with E-state index in [1.165, 1.54) is 23.3 Å². The zero-order valence-electron chi connectivity index (χ0n) is 21.6. The van der Waals surface area contributed by atoms with Gasteiger partial charge in [-0.1, -0.05) is 56.3 Å². The molecule has 0 N–H and O–H groups in total. The largest absolute Gasteiger partial charge is 0.464 e. The second kappa shape index (κ2) is 12.3. The molecule has 0 unspecified atom stereocenters. The first kappa shape index (κ1) is 26.8. The predicted octanol–water partition coefficient (Wildman–Crippen LogP) is 5.65. The Balaban J connectivity index is 1.63. The molecule has 196 valence electrons. The monoisotopic (exact) mass is 514 g/mol. The lowest BCUT2D eigenvalue weighted by atomic mass is 10.1. The highest BCUT2D eigenvalue weighted by Crippen LogP contribution is 2.16. The molecule has 1 heterocycles. The predicted molar refractivity (Wildman–Crippen MR) is 145 cm³/mol. The molecule has 38 heavy (non-hydrogen) atoms. The summed E-state index contributed by atoms with van der Waals surface area (Å²) in [4.78, 5) is 43.3. The fourth-order valence-corrected chi connectivity index (χ4v) is 4.17.